The van der Waals surface area contributed by atoms with Crippen LogP contribution < -0.4 is 0 Å². The van der Waals surface area contributed by atoms with Crippen LogP contribution in [-0.4, -0.2) is 0 Å². The Bertz CT molecular complexity index is 467. The highest BCUT2D eigenvalue weighted by Gasteiger charge is 2.06. The van der Waals surface area contributed by atoms with Crippen LogP contribution in [0.15, 0.2) is 42.5 Å². The maximum atomic E-state index is 2.20. The number of hydrogen-bond acceptors (Lipinski definition) is 0. The lowest BCUT2D eigenvalue weighted by atomic mass is 9.93. The van der Waals surface area contributed by atoms with Crippen LogP contribution in [0.1, 0.15) is 16.7 Å². The molecule has 0 spiro atoms. The molecule has 2 aromatic carbocycles. The lowest BCUT2D eigenvalue weighted by Gasteiger charge is -2.12. The zero-order valence-corrected chi connectivity index (χ0v) is 9.54. The third-order valence-corrected chi connectivity index (χ3v) is 3.01. The first kappa shape index (κ1) is 9.97. The summed E-state index contributed by atoms with van der Waals surface area (Å²) < 4.78 is 0. The van der Waals surface area contributed by atoms with Crippen LogP contribution >= 0.6 is 0 Å². The van der Waals surface area contributed by atoms with E-state index in [9.17, 15) is 0 Å². The van der Waals surface area contributed by atoms with Gasteiger partial charge in [-0.15, -0.1) is 0 Å². The molecule has 15 heavy (non-hydrogen) atoms. The zero-order chi connectivity index (χ0) is 10.8. The maximum absolute atomic E-state index is 2.20. The third-order valence-electron chi connectivity index (χ3n) is 3.01. The molecule has 0 unspecified atom stereocenters. The average molecular weight is 196 g/mol. The summed E-state index contributed by atoms with van der Waals surface area (Å²) in [4.78, 5) is 0. The largest absolute Gasteiger partial charge is 0.0622 e. The fourth-order valence-corrected chi connectivity index (χ4v) is 2.00. The van der Waals surface area contributed by atoms with Gasteiger partial charge in [0.25, 0.3) is 0 Å². The second kappa shape index (κ2) is 3.90. The van der Waals surface area contributed by atoms with Crippen molar-refractivity contribution in [2.75, 3.05) is 0 Å². The van der Waals surface area contributed by atoms with Gasteiger partial charge in [-0.1, -0.05) is 42.5 Å². The van der Waals surface area contributed by atoms with E-state index in [0.29, 0.717) is 0 Å². The van der Waals surface area contributed by atoms with E-state index in [4.69, 9.17) is 0 Å². The van der Waals surface area contributed by atoms with Crippen molar-refractivity contribution in [2.45, 2.75) is 20.8 Å². The van der Waals surface area contributed by atoms with Crippen molar-refractivity contribution < 1.29 is 0 Å². The summed E-state index contributed by atoms with van der Waals surface area (Å²) in [5, 5.41) is 0. The highest BCUT2D eigenvalue weighted by atomic mass is 14.1. The van der Waals surface area contributed by atoms with E-state index < -0.39 is 0 Å². The molecule has 2 aromatic rings. The average Bonchev–Trinajstić information content (AvgIpc) is 2.26. The van der Waals surface area contributed by atoms with Gasteiger partial charge in [-0.05, 0) is 48.6 Å². The molecular weight excluding hydrogens is 180 g/mol. The van der Waals surface area contributed by atoms with E-state index in [1.807, 2.05) is 0 Å². The Morgan fingerprint density at radius 2 is 1.27 bits per heavy atom. The summed E-state index contributed by atoms with van der Waals surface area (Å²) in [6.07, 6.45) is 0. The highest BCUT2D eigenvalue weighted by Crippen LogP contribution is 2.28. The predicted octanol–water partition coefficient (Wildman–Crippen LogP) is 4.28. The molecule has 0 aliphatic carbocycles. The van der Waals surface area contributed by atoms with Crippen LogP contribution in [0, 0.1) is 20.8 Å². The fraction of sp³-hybridized carbons (Fsp3) is 0.200. The lowest BCUT2D eigenvalue weighted by Crippen LogP contribution is -1.90. The number of hydrogen-bond donors (Lipinski definition) is 0. The van der Waals surface area contributed by atoms with Gasteiger partial charge >= 0.3 is 0 Å². The molecule has 0 fully saturated rings. The molecule has 0 nitrogen and oxygen atoms in total. The van der Waals surface area contributed by atoms with E-state index >= 15 is 0 Å². The quantitative estimate of drug-likeness (QED) is 0.638. The molecule has 0 N–H and O–H groups in total. The number of aryl methyl sites for hydroxylation is 2. The fourth-order valence-electron chi connectivity index (χ4n) is 2.00. The first-order valence-corrected chi connectivity index (χ1v) is 5.32. The van der Waals surface area contributed by atoms with E-state index in [1.165, 1.54) is 27.8 Å². The third kappa shape index (κ3) is 1.80. The second-order valence-electron chi connectivity index (χ2n) is 4.07. The van der Waals surface area contributed by atoms with Crippen LogP contribution in [0.25, 0.3) is 11.1 Å². The van der Waals surface area contributed by atoms with Gasteiger partial charge in [0.2, 0.25) is 0 Å². The van der Waals surface area contributed by atoms with Crippen molar-refractivity contribution >= 4 is 0 Å². The van der Waals surface area contributed by atoms with Crippen molar-refractivity contribution in [3.63, 3.8) is 0 Å². The summed E-state index contributed by atoms with van der Waals surface area (Å²) in [5.41, 5.74) is 6.80. The molecular formula is C15H16. The van der Waals surface area contributed by atoms with Crippen LogP contribution in [0.2, 0.25) is 0 Å². The minimum absolute atomic E-state index is 1.32. The number of rotatable bonds is 1. The van der Waals surface area contributed by atoms with Crippen LogP contribution in [0.5, 0.6) is 0 Å². The second-order valence-corrected chi connectivity index (χ2v) is 4.07. The maximum Gasteiger partial charge on any atom is -0.0123 e. The summed E-state index contributed by atoms with van der Waals surface area (Å²) in [5.74, 6) is 0. The predicted molar refractivity (Wildman–Crippen MR) is 66.1 cm³/mol. The molecule has 2 rings (SSSR count). The minimum atomic E-state index is 1.32. The summed E-state index contributed by atoms with van der Waals surface area (Å²) in [6, 6.07) is 15.0. The molecule has 0 saturated heterocycles. The molecule has 0 atom stereocenters. The van der Waals surface area contributed by atoms with Gasteiger partial charge in [-0.3, -0.25) is 0 Å². The molecule has 0 aliphatic heterocycles. The molecule has 0 radical (unpaired) electrons. The smallest absolute Gasteiger partial charge is 0.0123 e. The van der Waals surface area contributed by atoms with Gasteiger partial charge in [0.15, 0.2) is 0 Å². The molecule has 76 valence electrons. The standard InChI is InChI=1S/C15H16/c1-11-9-10-12(2)15(13(11)3)14-7-5-4-6-8-14/h4-10H,1-3H3. The van der Waals surface area contributed by atoms with E-state index in [1.54, 1.807) is 0 Å². The minimum Gasteiger partial charge on any atom is -0.0622 e. The first-order chi connectivity index (χ1) is 7.20. The Morgan fingerprint density at radius 3 is 1.93 bits per heavy atom. The van der Waals surface area contributed by atoms with Crippen LogP contribution in [0.4, 0.5) is 0 Å². The first-order valence-electron chi connectivity index (χ1n) is 5.32. The van der Waals surface area contributed by atoms with Crippen molar-refractivity contribution in [3.8, 4) is 11.1 Å². The molecule has 0 saturated carbocycles. The van der Waals surface area contributed by atoms with Crippen molar-refractivity contribution in [3.05, 3.63) is 59.2 Å². The SMILES string of the molecule is Cc1ccc(C)c(-c2ccccc2)c1C. The summed E-state index contributed by atoms with van der Waals surface area (Å²) in [6.45, 7) is 6.54. The van der Waals surface area contributed by atoms with E-state index in [2.05, 4.69) is 63.2 Å². The van der Waals surface area contributed by atoms with E-state index in [0.717, 1.165) is 0 Å². The lowest BCUT2D eigenvalue weighted by molar-refractivity contribution is 1.30. The van der Waals surface area contributed by atoms with Crippen molar-refractivity contribution in [1.29, 1.82) is 0 Å². The van der Waals surface area contributed by atoms with Gasteiger partial charge in [0.1, 0.15) is 0 Å². The Hall–Kier alpha value is -1.56. The van der Waals surface area contributed by atoms with Gasteiger partial charge in [-0.2, -0.15) is 0 Å². The molecule has 0 aliphatic rings. The highest BCUT2D eigenvalue weighted by molar-refractivity contribution is 5.71. The molecule has 0 heteroatoms. The van der Waals surface area contributed by atoms with Gasteiger partial charge < -0.3 is 0 Å². The van der Waals surface area contributed by atoms with Gasteiger partial charge in [0.05, 0.1) is 0 Å². The molecule has 0 aromatic heterocycles. The summed E-state index contributed by atoms with van der Waals surface area (Å²) >= 11 is 0. The normalized spacial score (nSPS) is 10.3. The van der Waals surface area contributed by atoms with Crippen molar-refractivity contribution in [1.82, 2.24) is 0 Å². The van der Waals surface area contributed by atoms with Crippen LogP contribution in [0.3, 0.4) is 0 Å². The molecule has 0 bridgehead atoms. The van der Waals surface area contributed by atoms with Gasteiger partial charge in [0, 0.05) is 0 Å². The van der Waals surface area contributed by atoms with E-state index in [-0.39, 0.29) is 0 Å². The molecule has 0 amide bonds. The van der Waals surface area contributed by atoms with Crippen molar-refractivity contribution in [2.24, 2.45) is 0 Å². The Kier molecular flexibility index (Phi) is 2.59. The Morgan fingerprint density at radius 1 is 0.667 bits per heavy atom. The monoisotopic (exact) mass is 196 g/mol. The molecule has 0 heterocycles. The topological polar surface area (TPSA) is 0 Å². The zero-order valence-electron chi connectivity index (χ0n) is 9.54. The Labute approximate surface area is 91.6 Å². The number of benzene rings is 2. The summed E-state index contributed by atoms with van der Waals surface area (Å²) in [7, 11) is 0. The van der Waals surface area contributed by atoms with Gasteiger partial charge in [-0.25, -0.2) is 0 Å². The van der Waals surface area contributed by atoms with Crippen LogP contribution in [-0.2, 0) is 0 Å². The Balaban J connectivity index is 2.68.